The Morgan fingerprint density at radius 2 is 1.71 bits per heavy atom. The van der Waals surface area contributed by atoms with Crippen LogP contribution in [0, 0.1) is 0 Å². The number of anilines is 1. The van der Waals surface area contributed by atoms with Crippen LogP contribution in [0.15, 0.2) is 24.3 Å². The minimum absolute atomic E-state index is 0.0534. The van der Waals surface area contributed by atoms with Gasteiger partial charge in [0.05, 0.1) is 0 Å². The van der Waals surface area contributed by atoms with Crippen molar-refractivity contribution in [2.45, 2.75) is 64.3 Å². The second-order valence-corrected chi connectivity index (χ2v) is 7.50. The molecule has 1 saturated heterocycles. The van der Waals surface area contributed by atoms with Crippen LogP contribution in [0.1, 0.15) is 40.5 Å². The van der Waals surface area contributed by atoms with E-state index < -0.39 is 6.61 Å². The van der Waals surface area contributed by atoms with Crippen molar-refractivity contribution < 1.29 is 18.3 Å². The third-order valence-corrected chi connectivity index (χ3v) is 3.86. The monoisotopic (exact) mass is 341 g/mol. The summed E-state index contributed by atoms with van der Waals surface area (Å²) in [4.78, 5) is 12.2. The molecule has 1 aliphatic heterocycles. The predicted molar refractivity (Wildman–Crippen MR) is 89.5 cm³/mol. The average Bonchev–Trinajstić information content (AvgIpc) is 2.36. The summed E-state index contributed by atoms with van der Waals surface area (Å²) in [5.41, 5.74) is 0.392. The van der Waals surface area contributed by atoms with Gasteiger partial charge < -0.3 is 20.7 Å². The Labute approximate surface area is 141 Å². The molecule has 1 aliphatic rings. The Kier molecular flexibility index (Phi) is 5.32. The third kappa shape index (κ3) is 5.63. The summed E-state index contributed by atoms with van der Waals surface area (Å²) in [6, 6.07) is 5.56. The Morgan fingerprint density at radius 3 is 2.21 bits per heavy atom. The van der Waals surface area contributed by atoms with Gasteiger partial charge in [0.2, 0.25) is 0 Å². The van der Waals surface area contributed by atoms with Gasteiger partial charge >= 0.3 is 12.6 Å². The number of urea groups is 1. The molecule has 2 rings (SSSR count). The zero-order valence-electron chi connectivity index (χ0n) is 14.5. The number of alkyl halides is 2. The van der Waals surface area contributed by atoms with Crippen molar-refractivity contribution in [1.82, 2.24) is 10.6 Å². The first kappa shape index (κ1) is 18.4. The summed E-state index contributed by atoms with van der Waals surface area (Å²) in [6.45, 7) is 5.59. The Bertz CT molecular complexity index is 558. The minimum Gasteiger partial charge on any atom is -0.435 e. The number of hydrogen-bond donors (Lipinski definition) is 3. The predicted octanol–water partition coefficient (Wildman–Crippen LogP) is 3.72. The lowest BCUT2D eigenvalue weighted by molar-refractivity contribution is -0.0498. The number of amides is 2. The molecule has 1 fully saturated rings. The number of carbonyl (C=O) groups is 1. The first-order valence-electron chi connectivity index (χ1n) is 7.96. The highest BCUT2D eigenvalue weighted by Gasteiger charge is 2.38. The largest absolute Gasteiger partial charge is 0.435 e. The normalized spacial score (nSPS) is 19.8. The summed E-state index contributed by atoms with van der Waals surface area (Å²) in [6.07, 6.45) is 1.65. The van der Waals surface area contributed by atoms with E-state index in [2.05, 4.69) is 48.4 Å². The Balaban J connectivity index is 1.91. The van der Waals surface area contributed by atoms with Crippen molar-refractivity contribution in [3.05, 3.63) is 24.3 Å². The summed E-state index contributed by atoms with van der Waals surface area (Å²) in [5.74, 6) is 0.0535. The van der Waals surface area contributed by atoms with E-state index in [0.717, 1.165) is 12.8 Å². The van der Waals surface area contributed by atoms with E-state index in [4.69, 9.17) is 0 Å². The third-order valence-electron chi connectivity index (χ3n) is 3.86. The van der Waals surface area contributed by atoms with E-state index in [0.29, 0.717) is 5.69 Å². The van der Waals surface area contributed by atoms with Gasteiger partial charge in [-0.05, 0) is 64.8 Å². The van der Waals surface area contributed by atoms with Crippen molar-refractivity contribution >= 4 is 11.7 Å². The van der Waals surface area contributed by atoms with Gasteiger partial charge in [-0.2, -0.15) is 8.78 Å². The molecule has 0 aromatic heterocycles. The molecular weight excluding hydrogens is 316 g/mol. The highest BCUT2D eigenvalue weighted by atomic mass is 19.3. The number of ether oxygens (including phenoxy) is 1. The summed E-state index contributed by atoms with van der Waals surface area (Å²) >= 11 is 0. The van der Waals surface area contributed by atoms with E-state index in [1.807, 2.05) is 0 Å². The molecule has 0 radical (unpaired) electrons. The SMILES string of the molecule is CC1(C)CC(NC(=O)Nc2ccc(OC(F)F)cc2)CC(C)(C)N1. The number of hydrogen-bond acceptors (Lipinski definition) is 3. The fourth-order valence-electron chi connectivity index (χ4n) is 3.50. The van der Waals surface area contributed by atoms with E-state index in [9.17, 15) is 13.6 Å². The summed E-state index contributed by atoms with van der Waals surface area (Å²) in [5, 5.41) is 9.25. The maximum atomic E-state index is 12.2. The van der Waals surface area contributed by atoms with Crippen LogP contribution in [0.5, 0.6) is 5.75 Å². The molecule has 2 amide bonds. The van der Waals surface area contributed by atoms with Gasteiger partial charge in [0.25, 0.3) is 0 Å². The van der Waals surface area contributed by atoms with Gasteiger partial charge in [-0.3, -0.25) is 0 Å². The van der Waals surface area contributed by atoms with Gasteiger partial charge in [0.1, 0.15) is 5.75 Å². The zero-order chi connectivity index (χ0) is 18.0. The van der Waals surface area contributed by atoms with Gasteiger partial charge in [-0.25, -0.2) is 4.79 Å². The first-order chi connectivity index (χ1) is 11.0. The van der Waals surface area contributed by atoms with E-state index in [1.165, 1.54) is 24.3 Å². The maximum Gasteiger partial charge on any atom is 0.387 e. The van der Waals surface area contributed by atoms with Crippen molar-refractivity contribution in [3.8, 4) is 5.75 Å². The number of halogens is 2. The molecule has 5 nitrogen and oxygen atoms in total. The quantitative estimate of drug-likeness (QED) is 0.782. The Morgan fingerprint density at radius 1 is 1.17 bits per heavy atom. The topological polar surface area (TPSA) is 62.4 Å². The number of benzene rings is 1. The number of carbonyl (C=O) groups excluding carboxylic acids is 1. The molecular formula is C17H25F2N3O2. The van der Waals surface area contributed by atoms with Crippen molar-refractivity contribution in [1.29, 1.82) is 0 Å². The van der Waals surface area contributed by atoms with E-state index >= 15 is 0 Å². The molecule has 3 N–H and O–H groups in total. The molecule has 24 heavy (non-hydrogen) atoms. The van der Waals surface area contributed by atoms with Crippen molar-refractivity contribution in [3.63, 3.8) is 0 Å². The molecule has 1 aromatic rings. The van der Waals surface area contributed by atoms with Crippen molar-refractivity contribution in [2.75, 3.05) is 5.32 Å². The van der Waals surface area contributed by atoms with Crippen LogP contribution in [0.2, 0.25) is 0 Å². The molecule has 7 heteroatoms. The van der Waals surface area contributed by atoms with Gasteiger partial charge in [-0.15, -0.1) is 0 Å². The van der Waals surface area contributed by atoms with Crippen LogP contribution in [0.4, 0.5) is 19.3 Å². The van der Waals surface area contributed by atoms with Gasteiger partial charge in [0.15, 0.2) is 0 Å². The van der Waals surface area contributed by atoms with Crippen LogP contribution in [0.3, 0.4) is 0 Å². The second kappa shape index (κ2) is 6.93. The van der Waals surface area contributed by atoms with Crippen LogP contribution in [0.25, 0.3) is 0 Å². The molecule has 0 aliphatic carbocycles. The highest BCUT2D eigenvalue weighted by molar-refractivity contribution is 5.89. The number of piperidine rings is 1. The van der Waals surface area contributed by atoms with Gasteiger partial charge in [0, 0.05) is 22.8 Å². The fourth-order valence-corrected chi connectivity index (χ4v) is 3.50. The molecule has 1 heterocycles. The van der Waals surface area contributed by atoms with Crippen molar-refractivity contribution in [2.24, 2.45) is 0 Å². The highest BCUT2D eigenvalue weighted by Crippen LogP contribution is 2.28. The zero-order valence-corrected chi connectivity index (χ0v) is 14.5. The standard InChI is InChI=1S/C17H25F2N3O2/c1-16(2)9-12(10-17(3,4)22-16)21-15(23)20-11-5-7-13(8-6-11)24-14(18)19/h5-8,12,14,22H,9-10H2,1-4H3,(H2,20,21,23). The molecule has 0 unspecified atom stereocenters. The molecule has 134 valence electrons. The van der Waals surface area contributed by atoms with Crippen LogP contribution < -0.4 is 20.7 Å². The van der Waals surface area contributed by atoms with Gasteiger partial charge in [-0.1, -0.05) is 0 Å². The number of rotatable bonds is 4. The lowest BCUT2D eigenvalue weighted by atomic mass is 9.80. The summed E-state index contributed by atoms with van der Waals surface area (Å²) in [7, 11) is 0. The molecule has 0 bridgehead atoms. The maximum absolute atomic E-state index is 12.2. The minimum atomic E-state index is -2.86. The number of nitrogens with one attached hydrogen (secondary N) is 3. The fraction of sp³-hybridized carbons (Fsp3) is 0.588. The second-order valence-electron chi connectivity index (χ2n) is 7.50. The van der Waals surface area contributed by atoms with Crippen LogP contribution >= 0.6 is 0 Å². The molecule has 0 saturated carbocycles. The Hall–Kier alpha value is -1.89. The lowest BCUT2D eigenvalue weighted by Gasteiger charge is -2.46. The molecule has 0 atom stereocenters. The van der Waals surface area contributed by atoms with Crippen LogP contribution in [-0.4, -0.2) is 29.8 Å². The smallest absolute Gasteiger partial charge is 0.387 e. The van der Waals surface area contributed by atoms with E-state index in [1.54, 1.807) is 0 Å². The van der Waals surface area contributed by atoms with E-state index in [-0.39, 0.29) is 28.9 Å². The summed E-state index contributed by atoms with van der Waals surface area (Å²) < 4.78 is 28.5. The van der Waals surface area contributed by atoms with Crippen LogP contribution in [-0.2, 0) is 0 Å². The molecule has 0 spiro atoms. The lowest BCUT2D eigenvalue weighted by Crippen LogP contribution is -2.62. The average molecular weight is 341 g/mol. The molecule has 1 aromatic carbocycles. The first-order valence-corrected chi connectivity index (χ1v) is 7.96.